The number of hydrogen-bond donors (Lipinski definition) is 0. The number of imidazole rings is 1. The lowest BCUT2D eigenvalue weighted by Gasteiger charge is -2.24. The lowest BCUT2D eigenvalue weighted by Crippen LogP contribution is -2.33. The van der Waals surface area contributed by atoms with Crippen LogP contribution in [0.5, 0.6) is 5.75 Å². The molecule has 1 aliphatic rings. The Morgan fingerprint density at radius 1 is 1.11 bits per heavy atom. The lowest BCUT2D eigenvalue weighted by molar-refractivity contribution is 0.0729. The van der Waals surface area contributed by atoms with Crippen LogP contribution in [0.3, 0.4) is 0 Å². The Hall–Kier alpha value is -3.17. The highest BCUT2D eigenvalue weighted by atomic mass is 32.2. The zero-order chi connectivity index (χ0) is 24.8. The Kier molecular flexibility index (Phi) is 7.87. The highest BCUT2D eigenvalue weighted by Gasteiger charge is 2.30. The third-order valence-electron chi connectivity index (χ3n) is 6.03. The molecule has 35 heavy (non-hydrogen) atoms. The fourth-order valence-electron chi connectivity index (χ4n) is 4.02. The third-order valence-corrected chi connectivity index (χ3v) is 7.62. The van der Waals surface area contributed by atoms with Gasteiger partial charge in [-0.15, -0.1) is 0 Å². The molecular weight excluding hydrogens is 466 g/mol. The highest BCUT2D eigenvalue weighted by molar-refractivity contribution is 7.90. The summed E-state index contributed by atoms with van der Waals surface area (Å²) in [6.45, 7) is 1.54. The minimum atomic E-state index is -3.76. The predicted octanol–water partition coefficient (Wildman–Crippen LogP) is 3.56. The van der Waals surface area contributed by atoms with Gasteiger partial charge >= 0.3 is 0 Å². The summed E-state index contributed by atoms with van der Waals surface area (Å²) in [6, 6.07) is 16.1. The van der Waals surface area contributed by atoms with E-state index in [9.17, 15) is 13.2 Å². The molecule has 0 aliphatic heterocycles. The zero-order valence-electron chi connectivity index (χ0n) is 20.1. The van der Waals surface area contributed by atoms with E-state index in [1.54, 1.807) is 66.3 Å². The summed E-state index contributed by atoms with van der Waals surface area (Å²) in [5.74, 6) is 0.797. The first kappa shape index (κ1) is 24.9. The molecule has 0 atom stereocenters. The molecule has 9 heteroatoms. The predicted molar refractivity (Wildman–Crippen MR) is 132 cm³/mol. The second-order valence-electron chi connectivity index (χ2n) is 8.78. The normalized spacial score (nSPS) is 13.5. The average molecular weight is 498 g/mol. The fourth-order valence-corrected chi connectivity index (χ4v) is 5.53. The maximum Gasteiger partial charge on any atom is 0.254 e. The molecule has 0 N–H and O–H groups in total. The molecule has 0 unspecified atom stereocenters. The van der Waals surface area contributed by atoms with Crippen LogP contribution in [0.4, 0.5) is 0 Å². The number of sulfone groups is 1. The summed E-state index contributed by atoms with van der Waals surface area (Å²) in [6.07, 6.45) is 3.76. The number of benzene rings is 2. The minimum absolute atomic E-state index is 0.0223. The highest BCUT2D eigenvalue weighted by Crippen LogP contribution is 2.31. The first-order valence-corrected chi connectivity index (χ1v) is 13.3. The van der Waals surface area contributed by atoms with Crippen LogP contribution < -0.4 is 4.74 Å². The maximum absolute atomic E-state index is 13.4. The monoisotopic (exact) mass is 497 g/mol. The van der Waals surface area contributed by atoms with E-state index in [4.69, 9.17) is 9.47 Å². The van der Waals surface area contributed by atoms with Crippen molar-refractivity contribution in [1.29, 1.82) is 0 Å². The van der Waals surface area contributed by atoms with E-state index in [2.05, 4.69) is 4.98 Å². The summed E-state index contributed by atoms with van der Waals surface area (Å²) in [4.78, 5) is 19.4. The second-order valence-corrected chi connectivity index (χ2v) is 10.7. The van der Waals surface area contributed by atoms with Crippen LogP contribution in [0.25, 0.3) is 0 Å². The van der Waals surface area contributed by atoms with Crippen LogP contribution >= 0.6 is 0 Å². The van der Waals surface area contributed by atoms with E-state index in [-0.39, 0.29) is 23.4 Å². The third kappa shape index (κ3) is 6.29. The van der Waals surface area contributed by atoms with E-state index >= 15 is 0 Å². The smallest absolute Gasteiger partial charge is 0.254 e. The van der Waals surface area contributed by atoms with Gasteiger partial charge in [0.1, 0.15) is 5.75 Å². The first-order valence-electron chi connectivity index (χ1n) is 11.6. The molecule has 1 aromatic heterocycles. The number of methoxy groups -OCH3 is 2. The number of aromatic nitrogens is 2. The van der Waals surface area contributed by atoms with Crippen LogP contribution in [0.2, 0.25) is 0 Å². The molecule has 1 amide bonds. The van der Waals surface area contributed by atoms with Gasteiger partial charge in [-0.05, 0) is 48.6 Å². The molecule has 4 rings (SSSR count). The van der Waals surface area contributed by atoms with Crippen molar-refractivity contribution in [2.24, 2.45) is 5.92 Å². The molecule has 1 heterocycles. The molecule has 0 radical (unpaired) electrons. The number of nitrogens with zero attached hydrogens (tertiary/aromatic N) is 3. The quantitative estimate of drug-likeness (QED) is 0.380. The van der Waals surface area contributed by atoms with Crippen molar-refractivity contribution < 1.29 is 22.7 Å². The van der Waals surface area contributed by atoms with Crippen molar-refractivity contribution >= 4 is 15.7 Å². The summed E-state index contributed by atoms with van der Waals surface area (Å²) in [5, 5.41) is -0.0223. The van der Waals surface area contributed by atoms with Gasteiger partial charge in [0.25, 0.3) is 5.91 Å². The molecule has 0 spiro atoms. The Morgan fingerprint density at radius 2 is 1.89 bits per heavy atom. The molecule has 3 aromatic rings. The Morgan fingerprint density at radius 3 is 2.57 bits per heavy atom. The SMILES string of the molecule is COCCn1c(CN(CC2CC2)C(=O)c2ccccc2)cnc1S(=O)(=O)Cc1cccc(OC)c1. The molecule has 0 saturated heterocycles. The van der Waals surface area contributed by atoms with Crippen molar-refractivity contribution in [3.05, 3.63) is 77.6 Å². The van der Waals surface area contributed by atoms with Crippen LogP contribution in [0, 0.1) is 5.92 Å². The maximum atomic E-state index is 13.4. The van der Waals surface area contributed by atoms with Gasteiger partial charge in [0, 0.05) is 25.8 Å². The van der Waals surface area contributed by atoms with Crippen molar-refractivity contribution in [2.45, 2.75) is 36.8 Å². The van der Waals surface area contributed by atoms with Gasteiger partial charge in [-0.3, -0.25) is 4.79 Å². The molecular formula is C26H31N3O5S. The number of amides is 1. The molecule has 0 bridgehead atoms. The van der Waals surface area contributed by atoms with Gasteiger partial charge in [0.15, 0.2) is 0 Å². The number of hydrogen-bond acceptors (Lipinski definition) is 6. The minimum Gasteiger partial charge on any atom is -0.497 e. The topological polar surface area (TPSA) is 90.7 Å². The van der Waals surface area contributed by atoms with E-state index in [1.165, 1.54) is 0 Å². The van der Waals surface area contributed by atoms with Crippen molar-refractivity contribution in [1.82, 2.24) is 14.5 Å². The fraction of sp³-hybridized carbons (Fsp3) is 0.385. The molecule has 8 nitrogen and oxygen atoms in total. The average Bonchev–Trinajstić information content (AvgIpc) is 3.59. The molecule has 2 aromatic carbocycles. The van der Waals surface area contributed by atoms with Gasteiger partial charge in [-0.1, -0.05) is 30.3 Å². The number of rotatable bonds is 12. The van der Waals surface area contributed by atoms with E-state index in [0.717, 1.165) is 12.8 Å². The van der Waals surface area contributed by atoms with Crippen molar-refractivity contribution in [3.8, 4) is 5.75 Å². The summed E-state index contributed by atoms with van der Waals surface area (Å²) >= 11 is 0. The van der Waals surface area contributed by atoms with Crippen molar-refractivity contribution in [2.75, 3.05) is 27.4 Å². The van der Waals surface area contributed by atoms with Crippen LogP contribution in [0.15, 0.2) is 66.0 Å². The lowest BCUT2D eigenvalue weighted by atomic mass is 10.2. The number of ether oxygens (including phenoxy) is 2. The summed E-state index contributed by atoms with van der Waals surface area (Å²) in [7, 11) is -0.648. The molecule has 1 saturated carbocycles. The number of carbonyl (C=O) groups excluding carboxylic acids is 1. The van der Waals surface area contributed by atoms with Gasteiger partial charge < -0.3 is 18.9 Å². The van der Waals surface area contributed by atoms with E-state index in [0.29, 0.717) is 48.2 Å². The molecule has 1 fully saturated rings. The summed E-state index contributed by atoms with van der Waals surface area (Å²) in [5.41, 5.74) is 1.89. The second kappa shape index (κ2) is 11.0. The van der Waals surface area contributed by atoms with Crippen LogP contribution in [0.1, 0.15) is 34.5 Å². The molecule has 186 valence electrons. The Labute approximate surface area is 206 Å². The molecule has 1 aliphatic carbocycles. The Bertz CT molecular complexity index is 1250. The standard InChI is InChI=1S/C26H31N3O5S/c1-33-14-13-29-23(18-28(17-20-11-12-20)25(30)22-8-4-3-5-9-22)16-27-26(29)35(31,32)19-21-7-6-10-24(15-21)34-2/h3-10,15-16,20H,11-14,17-19H2,1-2H3. The van der Waals surface area contributed by atoms with Gasteiger partial charge in [-0.2, -0.15) is 0 Å². The Balaban J connectivity index is 1.63. The van der Waals surface area contributed by atoms with E-state index < -0.39 is 9.84 Å². The first-order chi connectivity index (χ1) is 16.9. The largest absolute Gasteiger partial charge is 0.497 e. The van der Waals surface area contributed by atoms with Crippen LogP contribution in [-0.4, -0.2) is 56.1 Å². The number of carbonyl (C=O) groups is 1. The summed E-state index contributed by atoms with van der Waals surface area (Å²) < 4.78 is 38.9. The van der Waals surface area contributed by atoms with E-state index in [1.807, 2.05) is 18.2 Å². The van der Waals surface area contributed by atoms with Crippen molar-refractivity contribution in [3.63, 3.8) is 0 Å². The zero-order valence-corrected chi connectivity index (χ0v) is 20.9. The van der Waals surface area contributed by atoms with Gasteiger partial charge in [0.2, 0.25) is 15.0 Å². The van der Waals surface area contributed by atoms with Gasteiger partial charge in [0.05, 0.1) is 37.9 Å². The van der Waals surface area contributed by atoms with Crippen LogP contribution in [-0.2, 0) is 33.4 Å². The van der Waals surface area contributed by atoms with Gasteiger partial charge in [-0.25, -0.2) is 13.4 Å².